The number of hydrogen-bond acceptors (Lipinski definition) is 3. The van der Waals surface area contributed by atoms with Gasteiger partial charge >= 0.3 is 0 Å². The molecule has 2 N–H and O–H groups in total. The summed E-state index contributed by atoms with van der Waals surface area (Å²) in [5.41, 5.74) is 0. The standard InChI is InChI=1S/C17H34N4O/c1-14-12-21(13-15(2)22-14)11-7-10-19-17(18-3)20-16-8-5-4-6-9-16/h14-16H,4-13H2,1-3H3,(H2,18,19,20). The van der Waals surface area contributed by atoms with Gasteiger partial charge in [-0.3, -0.25) is 9.89 Å². The lowest BCUT2D eigenvalue weighted by Crippen LogP contribution is -2.47. The van der Waals surface area contributed by atoms with Crippen molar-refractivity contribution in [2.24, 2.45) is 4.99 Å². The average Bonchev–Trinajstić information content (AvgIpc) is 2.50. The molecule has 22 heavy (non-hydrogen) atoms. The van der Waals surface area contributed by atoms with E-state index in [1.54, 1.807) is 0 Å². The Morgan fingerprint density at radius 1 is 1.14 bits per heavy atom. The highest BCUT2D eigenvalue weighted by Gasteiger charge is 2.21. The molecular formula is C17H34N4O. The van der Waals surface area contributed by atoms with E-state index in [4.69, 9.17) is 4.74 Å². The van der Waals surface area contributed by atoms with Crippen molar-refractivity contribution in [3.05, 3.63) is 0 Å². The fraction of sp³-hybridized carbons (Fsp3) is 0.941. The van der Waals surface area contributed by atoms with Gasteiger partial charge in [0.15, 0.2) is 5.96 Å². The van der Waals surface area contributed by atoms with Crippen LogP contribution in [0.2, 0.25) is 0 Å². The number of morpholine rings is 1. The van der Waals surface area contributed by atoms with E-state index in [-0.39, 0.29) is 0 Å². The first-order valence-corrected chi connectivity index (χ1v) is 9.02. The summed E-state index contributed by atoms with van der Waals surface area (Å²) >= 11 is 0. The quantitative estimate of drug-likeness (QED) is 0.463. The molecule has 1 saturated heterocycles. The number of nitrogens with zero attached hydrogens (tertiary/aromatic N) is 2. The van der Waals surface area contributed by atoms with Gasteiger partial charge in [-0.05, 0) is 33.1 Å². The Bertz CT molecular complexity index is 332. The summed E-state index contributed by atoms with van der Waals surface area (Å²) in [5, 5.41) is 7.02. The Balaban J connectivity index is 1.60. The number of guanidine groups is 1. The summed E-state index contributed by atoms with van der Waals surface area (Å²) in [6.07, 6.45) is 8.51. The lowest BCUT2D eigenvalue weighted by molar-refractivity contribution is -0.0679. The minimum absolute atomic E-state index is 0.359. The summed E-state index contributed by atoms with van der Waals surface area (Å²) < 4.78 is 5.78. The third-order valence-corrected chi connectivity index (χ3v) is 4.61. The second kappa shape index (κ2) is 9.36. The number of aliphatic imine (C=N–C) groups is 1. The predicted octanol–water partition coefficient (Wildman–Crippen LogP) is 1.98. The molecule has 2 rings (SSSR count). The molecule has 1 aliphatic carbocycles. The van der Waals surface area contributed by atoms with Gasteiger partial charge in [-0.2, -0.15) is 0 Å². The monoisotopic (exact) mass is 310 g/mol. The summed E-state index contributed by atoms with van der Waals surface area (Å²) in [6, 6.07) is 0.612. The molecule has 1 saturated carbocycles. The molecule has 2 atom stereocenters. The minimum atomic E-state index is 0.359. The van der Waals surface area contributed by atoms with Gasteiger partial charge in [0.05, 0.1) is 12.2 Å². The van der Waals surface area contributed by atoms with E-state index in [1.807, 2.05) is 7.05 Å². The molecular weight excluding hydrogens is 276 g/mol. The van der Waals surface area contributed by atoms with Crippen molar-refractivity contribution in [3.8, 4) is 0 Å². The zero-order valence-electron chi connectivity index (χ0n) is 14.6. The van der Waals surface area contributed by atoms with Crippen LogP contribution in [0.25, 0.3) is 0 Å². The van der Waals surface area contributed by atoms with Gasteiger partial charge in [-0.1, -0.05) is 19.3 Å². The highest BCUT2D eigenvalue weighted by molar-refractivity contribution is 5.79. The van der Waals surface area contributed by atoms with Crippen LogP contribution < -0.4 is 10.6 Å². The van der Waals surface area contributed by atoms with Gasteiger partial charge in [-0.25, -0.2) is 0 Å². The van der Waals surface area contributed by atoms with Gasteiger partial charge in [0.2, 0.25) is 0 Å². The maximum absolute atomic E-state index is 5.78. The predicted molar refractivity (Wildman–Crippen MR) is 92.4 cm³/mol. The molecule has 0 amide bonds. The van der Waals surface area contributed by atoms with Crippen molar-refractivity contribution in [2.45, 2.75) is 70.6 Å². The van der Waals surface area contributed by atoms with Crippen LogP contribution in [-0.2, 0) is 4.74 Å². The zero-order valence-corrected chi connectivity index (χ0v) is 14.6. The van der Waals surface area contributed by atoms with E-state index < -0.39 is 0 Å². The maximum atomic E-state index is 5.78. The van der Waals surface area contributed by atoms with Crippen LogP contribution in [0.3, 0.4) is 0 Å². The van der Waals surface area contributed by atoms with Gasteiger partial charge in [0.1, 0.15) is 0 Å². The molecule has 5 nitrogen and oxygen atoms in total. The van der Waals surface area contributed by atoms with Crippen LogP contribution in [0.1, 0.15) is 52.4 Å². The van der Waals surface area contributed by atoms with Gasteiger partial charge < -0.3 is 15.4 Å². The van der Waals surface area contributed by atoms with Crippen LogP contribution in [0, 0.1) is 0 Å². The molecule has 0 spiro atoms. The molecule has 5 heteroatoms. The Labute approximate surface area is 135 Å². The van der Waals surface area contributed by atoms with E-state index in [2.05, 4.69) is 34.4 Å². The van der Waals surface area contributed by atoms with Crippen molar-refractivity contribution < 1.29 is 4.74 Å². The van der Waals surface area contributed by atoms with Crippen molar-refractivity contribution in [2.75, 3.05) is 33.2 Å². The van der Waals surface area contributed by atoms with Crippen molar-refractivity contribution in [3.63, 3.8) is 0 Å². The molecule has 1 heterocycles. The number of hydrogen-bond donors (Lipinski definition) is 2. The highest BCUT2D eigenvalue weighted by atomic mass is 16.5. The largest absolute Gasteiger partial charge is 0.373 e. The topological polar surface area (TPSA) is 48.9 Å². The normalized spacial score (nSPS) is 28.6. The molecule has 2 fully saturated rings. The molecule has 0 aromatic heterocycles. The van der Waals surface area contributed by atoms with Crippen LogP contribution in [0.5, 0.6) is 0 Å². The third kappa shape index (κ3) is 6.13. The zero-order chi connectivity index (χ0) is 15.8. The Morgan fingerprint density at radius 2 is 1.82 bits per heavy atom. The van der Waals surface area contributed by atoms with E-state index >= 15 is 0 Å². The third-order valence-electron chi connectivity index (χ3n) is 4.61. The second-order valence-corrected chi connectivity index (χ2v) is 6.85. The summed E-state index contributed by atoms with van der Waals surface area (Å²) in [5.74, 6) is 0.968. The first kappa shape index (κ1) is 17.5. The van der Waals surface area contributed by atoms with Crippen molar-refractivity contribution >= 4 is 5.96 Å². The lowest BCUT2D eigenvalue weighted by atomic mass is 9.96. The highest BCUT2D eigenvalue weighted by Crippen LogP contribution is 2.17. The van der Waals surface area contributed by atoms with E-state index in [0.717, 1.165) is 38.6 Å². The number of ether oxygens (including phenoxy) is 1. The SMILES string of the molecule is CN=C(NCCCN1CC(C)OC(C)C1)NC1CCCCC1. The molecule has 2 aliphatic rings. The summed E-state index contributed by atoms with van der Waals surface area (Å²) in [7, 11) is 1.86. The van der Waals surface area contributed by atoms with Crippen LogP contribution in [0.15, 0.2) is 4.99 Å². The molecule has 2 unspecified atom stereocenters. The molecule has 0 bridgehead atoms. The van der Waals surface area contributed by atoms with Crippen LogP contribution in [0.4, 0.5) is 0 Å². The molecule has 1 aliphatic heterocycles. The fourth-order valence-electron chi connectivity index (χ4n) is 3.61. The first-order chi connectivity index (χ1) is 10.7. The molecule has 0 aromatic carbocycles. The van der Waals surface area contributed by atoms with Gasteiger partial charge in [-0.15, -0.1) is 0 Å². The van der Waals surface area contributed by atoms with Gasteiger partial charge in [0, 0.05) is 39.3 Å². The van der Waals surface area contributed by atoms with E-state index in [1.165, 1.54) is 32.1 Å². The van der Waals surface area contributed by atoms with E-state index in [9.17, 15) is 0 Å². The average molecular weight is 310 g/mol. The summed E-state index contributed by atoms with van der Waals surface area (Å²) in [4.78, 5) is 6.86. The van der Waals surface area contributed by atoms with Crippen LogP contribution >= 0.6 is 0 Å². The van der Waals surface area contributed by atoms with Crippen molar-refractivity contribution in [1.29, 1.82) is 0 Å². The first-order valence-electron chi connectivity index (χ1n) is 9.02. The second-order valence-electron chi connectivity index (χ2n) is 6.85. The lowest BCUT2D eigenvalue weighted by Gasteiger charge is -2.35. The van der Waals surface area contributed by atoms with Crippen molar-refractivity contribution in [1.82, 2.24) is 15.5 Å². The number of rotatable bonds is 5. The summed E-state index contributed by atoms with van der Waals surface area (Å²) in [6.45, 7) is 8.55. The molecule has 0 aromatic rings. The Hall–Kier alpha value is -0.810. The smallest absolute Gasteiger partial charge is 0.191 e. The Morgan fingerprint density at radius 3 is 2.45 bits per heavy atom. The molecule has 128 valence electrons. The molecule has 0 radical (unpaired) electrons. The van der Waals surface area contributed by atoms with Gasteiger partial charge in [0.25, 0.3) is 0 Å². The Kier molecular flexibility index (Phi) is 7.46. The number of nitrogens with one attached hydrogen (secondary N) is 2. The van der Waals surface area contributed by atoms with E-state index in [0.29, 0.717) is 18.2 Å². The fourth-order valence-corrected chi connectivity index (χ4v) is 3.61. The van der Waals surface area contributed by atoms with Crippen LogP contribution in [-0.4, -0.2) is 62.3 Å². The minimum Gasteiger partial charge on any atom is -0.373 e. The maximum Gasteiger partial charge on any atom is 0.191 e.